The largest absolute Gasteiger partial charge is 0.392 e. The van der Waals surface area contributed by atoms with Gasteiger partial charge in [0.05, 0.1) is 16.4 Å². The molecule has 3 nitrogen and oxygen atoms in total. The van der Waals surface area contributed by atoms with Crippen molar-refractivity contribution in [1.29, 1.82) is 0 Å². The lowest BCUT2D eigenvalue weighted by Crippen LogP contribution is -2.34. The average molecular weight is 242 g/mol. The van der Waals surface area contributed by atoms with Crippen molar-refractivity contribution in [1.82, 2.24) is 4.90 Å². The molecule has 0 saturated carbocycles. The molecule has 0 fully saturated rings. The van der Waals surface area contributed by atoms with E-state index in [4.69, 9.17) is 18.0 Å². The molecule has 1 heterocycles. The van der Waals surface area contributed by atoms with E-state index in [0.29, 0.717) is 11.5 Å². The van der Waals surface area contributed by atoms with Crippen LogP contribution in [0.4, 0.5) is 0 Å². The zero-order valence-corrected chi connectivity index (χ0v) is 10.5. The van der Waals surface area contributed by atoms with Gasteiger partial charge in [0.1, 0.15) is 0 Å². The lowest BCUT2D eigenvalue weighted by Gasteiger charge is -2.14. The number of hydrogen-bond acceptors (Lipinski definition) is 3. The van der Waals surface area contributed by atoms with Gasteiger partial charge in [-0.2, -0.15) is 0 Å². The van der Waals surface area contributed by atoms with Gasteiger partial charge in [0.25, 0.3) is 5.91 Å². The van der Waals surface area contributed by atoms with Crippen LogP contribution < -0.4 is 5.73 Å². The minimum absolute atomic E-state index is 0.0208. The highest BCUT2D eigenvalue weighted by atomic mass is 32.1. The number of amides is 1. The Hall–Kier alpha value is -0.940. The van der Waals surface area contributed by atoms with Gasteiger partial charge in [-0.3, -0.25) is 4.79 Å². The summed E-state index contributed by atoms with van der Waals surface area (Å²) in [5.41, 5.74) is 5.38. The van der Waals surface area contributed by atoms with Crippen LogP contribution in [0.3, 0.4) is 0 Å². The van der Waals surface area contributed by atoms with Crippen molar-refractivity contribution in [2.45, 2.75) is 13.3 Å². The summed E-state index contributed by atoms with van der Waals surface area (Å²) >= 11 is 6.28. The van der Waals surface area contributed by atoms with Crippen LogP contribution in [0, 0.1) is 0 Å². The maximum atomic E-state index is 11.8. The lowest BCUT2D eigenvalue weighted by molar-refractivity contribution is 0.0820. The molecule has 2 N–H and O–H groups in total. The Kier molecular flexibility index (Phi) is 4.23. The summed E-state index contributed by atoms with van der Waals surface area (Å²) in [5.74, 6) is -0.0208. The monoisotopic (exact) mass is 242 g/mol. The van der Waals surface area contributed by atoms with Gasteiger partial charge in [-0.15, -0.1) is 11.3 Å². The van der Waals surface area contributed by atoms with Crippen LogP contribution in [-0.4, -0.2) is 29.4 Å². The SMILES string of the molecule is CCc1ccc(C(=O)N(C)CC(N)=S)s1. The van der Waals surface area contributed by atoms with Gasteiger partial charge in [0, 0.05) is 11.9 Å². The Balaban J connectivity index is 2.71. The zero-order chi connectivity index (χ0) is 11.4. The lowest BCUT2D eigenvalue weighted by atomic mass is 10.3. The molecule has 5 heteroatoms. The van der Waals surface area contributed by atoms with Gasteiger partial charge in [-0.1, -0.05) is 19.1 Å². The molecule has 0 saturated heterocycles. The Morgan fingerprint density at radius 1 is 1.60 bits per heavy atom. The second-order valence-electron chi connectivity index (χ2n) is 3.25. The molecule has 0 spiro atoms. The van der Waals surface area contributed by atoms with Crippen molar-refractivity contribution < 1.29 is 4.79 Å². The standard InChI is InChI=1S/C10H14N2OS2/c1-3-7-4-5-8(15-7)10(13)12(2)6-9(11)14/h4-5H,3,6H2,1-2H3,(H2,11,14). The maximum absolute atomic E-state index is 11.8. The minimum atomic E-state index is -0.0208. The van der Waals surface area contributed by atoms with Crippen molar-refractivity contribution in [3.05, 3.63) is 21.9 Å². The van der Waals surface area contributed by atoms with Crippen molar-refractivity contribution in [2.75, 3.05) is 13.6 Å². The zero-order valence-electron chi connectivity index (χ0n) is 8.82. The van der Waals surface area contributed by atoms with E-state index in [0.717, 1.165) is 11.3 Å². The number of nitrogens with zero attached hydrogens (tertiary/aromatic N) is 1. The third-order valence-corrected chi connectivity index (χ3v) is 3.31. The highest BCUT2D eigenvalue weighted by Crippen LogP contribution is 2.18. The van der Waals surface area contributed by atoms with Crippen LogP contribution >= 0.6 is 23.6 Å². The molecule has 0 aromatic carbocycles. The summed E-state index contributed by atoms with van der Waals surface area (Å²) in [6.45, 7) is 2.40. The molecular weight excluding hydrogens is 228 g/mol. The van der Waals surface area contributed by atoms with Crippen LogP contribution in [0.2, 0.25) is 0 Å². The Morgan fingerprint density at radius 2 is 2.27 bits per heavy atom. The summed E-state index contributed by atoms with van der Waals surface area (Å²) < 4.78 is 0. The second kappa shape index (κ2) is 5.23. The van der Waals surface area contributed by atoms with Gasteiger partial charge in [-0.25, -0.2) is 0 Å². The number of nitrogens with two attached hydrogens (primary N) is 1. The molecule has 1 aromatic rings. The second-order valence-corrected chi connectivity index (χ2v) is 4.94. The van der Waals surface area contributed by atoms with Crippen molar-refractivity contribution in [3.8, 4) is 0 Å². The fourth-order valence-corrected chi connectivity index (χ4v) is 2.31. The summed E-state index contributed by atoms with van der Waals surface area (Å²) in [4.78, 5) is 15.6. The molecule has 1 aromatic heterocycles. The number of hydrogen-bond donors (Lipinski definition) is 1. The fraction of sp³-hybridized carbons (Fsp3) is 0.400. The number of likely N-dealkylation sites (N-methyl/N-ethyl adjacent to an activating group) is 1. The number of thiocarbonyl (C=S) groups is 1. The Morgan fingerprint density at radius 3 is 2.73 bits per heavy atom. The molecule has 0 unspecified atom stereocenters. The molecule has 0 radical (unpaired) electrons. The normalized spacial score (nSPS) is 10.0. The molecular formula is C10H14N2OS2. The number of carbonyl (C=O) groups is 1. The molecule has 15 heavy (non-hydrogen) atoms. The van der Waals surface area contributed by atoms with E-state index < -0.39 is 0 Å². The van der Waals surface area contributed by atoms with E-state index in [1.165, 1.54) is 21.1 Å². The van der Waals surface area contributed by atoms with E-state index >= 15 is 0 Å². The molecule has 0 aliphatic heterocycles. The Labute approximate surface area is 98.9 Å². The van der Waals surface area contributed by atoms with E-state index in [2.05, 4.69) is 6.92 Å². The first-order chi connectivity index (χ1) is 7.04. The number of thiophene rings is 1. The van der Waals surface area contributed by atoms with E-state index in [9.17, 15) is 4.79 Å². The van der Waals surface area contributed by atoms with Gasteiger partial charge in [0.15, 0.2) is 0 Å². The van der Waals surface area contributed by atoms with Gasteiger partial charge in [-0.05, 0) is 18.6 Å². The smallest absolute Gasteiger partial charge is 0.264 e. The number of aryl methyl sites for hydroxylation is 1. The molecule has 1 amide bonds. The summed E-state index contributed by atoms with van der Waals surface area (Å²) in [5, 5.41) is 0. The molecule has 0 atom stereocenters. The van der Waals surface area contributed by atoms with Crippen LogP contribution in [0.15, 0.2) is 12.1 Å². The molecule has 0 aliphatic carbocycles. The highest BCUT2D eigenvalue weighted by Gasteiger charge is 2.14. The van der Waals surface area contributed by atoms with Crippen LogP contribution in [-0.2, 0) is 6.42 Å². The first-order valence-corrected chi connectivity index (χ1v) is 5.89. The van der Waals surface area contributed by atoms with Crippen molar-refractivity contribution in [3.63, 3.8) is 0 Å². The third kappa shape index (κ3) is 3.28. The van der Waals surface area contributed by atoms with Crippen molar-refractivity contribution >= 4 is 34.5 Å². The highest BCUT2D eigenvalue weighted by molar-refractivity contribution is 7.80. The maximum Gasteiger partial charge on any atom is 0.264 e. The van der Waals surface area contributed by atoms with Gasteiger partial charge >= 0.3 is 0 Å². The fourth-order valence-electron chi connectivity index (χ4n) is 1.18. The van der Waals surface area contributed by atoms with Crippen LogP contribution in [0.1, 0.15) is 21.5 Å². The topological polar surface area (TPSA) is 46.3 Å². The molecule has 0 bridgehead atoms. The Bertz CT molecular complexity index is 373. The number of carbonyl (C=O) groups excluding carboxylic acids is 1. The predicted octanol–water partition coefficient (Wildman–Crippen LogP) is 1.67. The average Bonchev–Trinajstić information content (AvgIpc) is 2.63. The quantitative estimate of drug-likeness (QED) is 0.817. The summed E-state index contributed by atoms with van der Waals surface area (Å²) in [6, 6.07) is 3.83. The third-order valence-electron chi connectivity index (χ3n) is 1.96. The predicted molar refractivity (Wildman–Crippen MR) is 67.4 cm³/mol. The first kappa shape index (κ1) is 12.1. The molecule has 1 rings (SSSR count). The molecule has 82 valence electrons. The van der Waals surface area contributed by atoms with Crippen molar-refractivity contribution in [2.24, 2.45) is 5.73 Å². The van der Waals surface area contributed by atoms with E-state index in [1.807, 2.05) is 12.1 Å². The van der Waals surface area contributed by atoms with Crippen LogP contribution in [0.5, 0.6) is 0 Å². The molecule has 0 aliphatic rings. The van der Waals surface area contributed by atoms with Crippen LogP contribution in [0.25, 0.3) is 0 Å². The van der Waals surface area contributed by atoms with E-state index in [1.54, 1.807) is 7.05 Å². The first-order valence-electron chi connectivity index (χ1n) is 4.67. The summed E-state index contributed by atoms with van der Waals surface area (Å²) in [6.07, 6.45) is 0.955. The van der Waals surface area contributed by atoms with E-state index in [-0.39, 0.29) is 5.91 Å². The number of rotatable bonds is 4. The summed E-state index contributed by atoms with van der Waals surface area (Å²) in [7, 11) is 1.70. The van der Waals surface area contributed by atoms with Gasteiger partial charge < -0.3 is 10.6 Å². The minimum Gasteiger partial charge on any atom is -0.392 e. The van der Waals surface area contributed by atoms with Gasteiger partial charge in [0.2, 0.25) is 0 Å².